The summed E-state index contributed by atoms with van der Waals surface area (Å²) in [4.78, 5) is 11.4. The molecule has 8 heteroatoms. The van der Waals surface area contributed by atoms with Gasteiger partial charge in [0.2, 0.25) is 0 Å². The molecule has 2 saturated carbocycles. The van der Waals surface area contributed by atoms with E-state index in [0.717, 1.165) is 38.5 Å². The highest BCUT2D eigenvalue weighted by molar-refractivity contribution is 5.73. The topological polar surface area (TPSA) is 137 Å². The number of ether oxygens (including phenoxy) is 2. The van der Waals surface area contributed by atoms with E-state index in [1.807, 2.05) is 6.07 Å². The van der Waals surface area contributed by atoms with Gasteiger partial charge < -0.3 is 35.0 Å². The number of carboxylic acid groups (broad SMARTS) is 1. The Kier molecular flexibility index (Phi) is 5.49. The zero-order chi connectivity index (χ0) is 22.8. The highest BCUT2D eigenvalue weighted by atomic mass is 16.7. The fourth-order valence-corrected chi connectivity index (χ4v) is 7.07. The molecule has 1 aromatic rings. The van der Waals surface area contributed by atoms with E-state index in [2.05, 4.69) is 13.0 Å². The summed E-state index contributed by atoms with van der Waals surface area (Å²) in [6, 6.07) is 5.73. The average Bonchev–Trinajstić information content (AvgIpc) is 3.09. The number of rotatable bonds is 3. The predicted octanol–water partition coefficient (Wildman–Crippen LogP) is 1.53. The van der Waals surface area contributed by atoms with Gasteiger partial charge in [0, 0.05) is 0 Å². The number of hydrogen-bond acceptors (Lipinski definition) is 7. The van der Waals surface area contributed by atoms with E-state index in [1.165, 1.54) is 11.1 Å². The van der Waals surface area contributed by atoms with Crippen molar-refractivity contribution in [1.82, 2.24) is 0 Å². The molecule has 32 heavy (non-hydrogen) atoms. The summed E-state index contributed by atoms with van der Waals surface area (Å²) in [6.07, 6.45) is -2.38. The molecule has 0 aromatic heterocycles. The van der Waals surface area contributed by atoms with Gasteiger partial charge >= 0.3 is 5.97 Å². The van der Waals surface area contributed by atoms with Crippen LogP contribution in [0.2, 0.25) is 0 Å². The Hall–Kier alpha value is -1.71. The molecule has 3 aliphatic carbocycles. The highest BCUT2D eigenvalue weighted by Gasteiger charge is 2.57. The van der Waals surface area contributed by atoms with Crippen LogP contribution in [0.15, 0.2) is 18.2 Å². The predicted molar refractivity (Wildman–Crippen MR) is 112 cm³/mol. The number of fused-ring (bicyclic) bond motifs is 5. The summed E-state index contributed by atoms with van der Waals surface area (Å²) in [5.74, 6) is 0.312. The van der Waals surface area contributed by atoms with E-state index in [4.69, 9.17) is 9.47 Å². The third-order valence-corrected chi connectivity index (χ3v) is 8.73. The fraction of sp³-hybridized carbons (Fsp3) is 0.708. The van der Waals surface area contributed by atoms with Gasteiger partial charge in [-0.2, -0.15) is 0 Å². The molecular weight excluding hydrogens is 416 g/mol. The van der Waals surface area contributed by atoms with Crippen molar-refractivity contribution in [3.63, 3.8) is 0 Å². The lowest BCUT2D eigenvalue weighted by atomic mass is 9.55. The van der Waals surface area contributed by atoms with Gasteiger partial charge in [-0.25, -0.2) is 4.79 Å². The van der Waals surface area contributed by atoms with Crippen LogP contribution in [0.1, 0.15) is 56.1 Å². The number of benzene rings is 1. The second-order valence-corrected chi connectivity index (χ2v) is 10.3. The SMILES string of the molecule is C[C@]12CC[C@@H]3c4ccc(O)cc4CC[C@@H]3[C@@H]1CCC2O[C@@H]1O[C@H](C(=O)O)[C@H](O)[C@H](O)[C@H]1O. The first-order valence-corrected chi connectivity index (χ1v) is 11.6. The molecule has 176 valence electrons. The van der Waals surface area contributed by atoms with Crippen molar-refractivity contribution in [1.29, 1.82) is 0 Å². The first-order chi connectivity index (χ1) is 15.2. The first kappa shape index (κ1) is 22.1. The fourth-order valence-electron chi connectivity index (χ4n) is 7.07. The minimum absolute atomic E-state index is 0.140. The molecule has 0 amide bonds. The van der Waals surface area contributed by atoms with E-state index in [0.29, 0.717) is 23.5 Å². The van der Waals surface area contributed by atoms with Crippen LogP contribution in [-0.4, -0.2) is 68.3 Å². The third-order valence-electron chi connectivity index (χ3n) is 8.73. The Labute approximate surface area is 186 Å². The standard InChI is InChI=1S/C24H32O8/c1-24-9-8-14-13-5-3-12(25)10-11(13)2-4-15(14)16(24)6-7-17(24)31-23-20(28)18(26)19(27)21(32-23)22(29)30/h3,5,10,14-21,23,25-28H,2,4,6-9H2,1H3,(H,29,30)/t14-,15+,16+,17?,18+,19-,20-,21+,23-,24+/m1/s1. The van der Waals surface area contributed by atoms with Crippen molar-refractivity contribution < 1.29 is 39.8 Å². The van der Waals surface area contributed by atoms with E-state index in [9.17, 15) is 30.3 Å². The Bertz CT molecular complexity index is 889. The van der Waals surface area contributed by atoms with Crippen LogP contribution < -0.4 is 0 Å². The van der Waals surface area contributed by atoms with E-state index < -0.39 is 36.7 Å². The molecule has 1 saturated heterocycles. The minimum atomic E-state index is -1.72. The van der Waals surface area contributed by atoms with Gasteiger partial charge in [-0.1, -0.05) is 13.0 Å². The second-order valence-electron chi connectivity index (χ2n) is 10.3. The van der Waals surface area contributed by atoms with Crippen LogP contribution in [0.4, 0.5) is 0 Å². The molecule has 4 aliphatic rings. The molecule has 3 fully saturated rings. The molecule has 0 spiro atoms. The molecule has 1 heterocycles. The molecule has 1 unspecified atom stereocenters. The Morgan fingerprint density at radius 3 is 2.62 bits per heavy atom. The van der Waals surface area contributed by atoms with Gasteiger partial charge in [-0.3, -0.25) is 0 Å². The van der Waals surface area contributed by atoms with Crippen molar-refractivity contribution in [2.45, 2.75) is 88.2 Å². The second kappa shape index (κ2) is 7.95. The highest BCUT2D eigenvalue weighted by Crippen LogP contribution is 2.61. The van der Waals surface area contributed by atoms with Crippen LogP contribution in [0.5, 0.6) is 5.75 Å². The Balaban J connectivity index is 1.34. The number of aromatic hydroxyl groups is 1. The van der Waals surface area contributed by atoms with E-state index >= 15 is 0 Å². The maximum atomic E-state index is 11.4. The molecule has 1 aliphatic heterocycles. The molecule has 8 nitrogen and oxygen atoms in total. The van der Waals surface area contributed by atoms with Gasteiger partial charge in [0.15, 0.2) is 12.4 Å². The van der Waals surface area contributed by atoms with Gasteiger partial charge in [-0.15, -0.1) is 0 Å². The van der Waals surface area contributed by atoms with Crippen LogP contribution in [0.25, 0.3) is 0 Å². The lowest BCUT2D eigenvalue weighted by Crippen LogP contribution is -2.61. The minimum Gasteiger partial charge on any atom is -0.508 e. The number of carbonyl (C=O) groups is 1. The van der Waals surface area contributed by atoms with Gasteiger partial charge in [-0.05, 0) is 85.0 Å². The van der Waals surface area contributed by atoms with Gasteiger partial charge in [0.05, 0.1) is 6.10 Å². The molecule has 1 aromatic carbocycles. The van der Waals surface area contributed by atoms with Crippen molar-refractivity contribution in [3.8, 4) is 5.75 Å². The summed E-state index contributed by atoms with van der Waals surface area (Å²) in [5, 5.41) is 49.6. The third kappa shape index (κ3) is 3.35. The molecule has 10 atom stereocenters. The van der Waals surface area contributed by atoms with Gasteiger partial charge in [0.1, 0.15) is 24.1 Å². The number of hydrogen-bond donors (Lipinski definition) is 5. The number of aliphatic hydroxyl groups excluding tert-OH is 3. The maximum absolute atomic E-state index is 11.4. The van der Waals surface area contributed by atoms with Crippen molar-refractivity contribution >= 4 is 5.97 Å². The molecule has 0 radical (unpaired) electrons. The van der Waals surface area contributed by atoms with Crippen LogP contribution >= 0.6 is 0 Å². The van der Waals surface area contributed by atoms with Gasteiger partial charge in [0.25, 0.3) is 0 Å². The maximum Gasteiger partial charge on any atom is 0.335 e. The summed E-state index contributed by atoms with van der Waals surface area (Å²) < 4.78 is 11.5. The summed E-state index contributed by atoms with van der Waals surface area (Å²) in [7, 11) is 0. The Morgan fingerprint density at radius 1 is 1.09 bits per heavy atom. The molecule has 0 bridgehead atoms. The number of aliphatic carboxylic acids is 1. The molecule has 5 N–H and O–H groups in total. The van der Waals surface area contributed by atoms with Crippen LogP contribution in [-0.2, 0) is 20.7 Å². The zero-order valence-corrected chi connectivity index (χ0v) is 18.1. The number of aryl methyl sites for hydroxylation is 1. The smallest absolute Gasteiger partial charge is 0.335 e. The normalized spacial score (nSPS) is 45.6. The lowest BCUT2D eigenvalue weighted by molar-refractivity contribution is -0.312. The van der Waals surface area contributed by atoms with Crippen molar-refractivity contribution in [2.75, 3.05) is 0 Å². The Morgan fingerprint density at radius 2 is 1.88 bits per heavy atom. The molecular formula is C24H32O8. The van der Waals surface area contributed by atoms with Crippen molar-refractivity contribution in [2.24, 2.45) is 17.3 Å². The number of aliphatic hydroxyl groups is 3. The number of carboxylic acids is 1. The number of phenolic OH excluding ortho intramolecular Hbond substituents is 1. The quantitative estimate of drug-likeness (QED) is 0.470. The summed E-state index contributed by atoms with van der Waals surface area (Å²) in [5.41, 5.74) is 2.45. The van der Waals surface area contributed by atoms with Crippen molar-refractivity contribution in [3.05, 3.63) is 29.3 Å². The average molecular weight is 449 g/mol. The van der Waals surface area contributed by atoms with E-state index in [-0.39, 0.29) is 11.5 Å². The van der Waals surface area contributed by atoms with Crippen LogP contribution in [0, 0.1) is 17.3 Å². The monoisotopic (exact) mass is 448 g/mol. The number of phenols is 1. The summed E-state index contributed by atoms with van der Waals surface area (Å²) in [6.45, 7) is 2.22. The van der Waals surface area contributed by atoms with Crippen LogP contribution in [0.3, 0.4) is 0 Å². The lowest BCUT2D eigenvalue weighted by Gasteiger charge is -2.51. The zero-order valence-electron chi connectivity index (χ0n) is 18.1. The van der Waals surface area contributed by atoms with E-state index in [1.54, 1.807) is 6.07 Å². The first-order valence-electron chi connectivity index (χ1n) is 11.6. The largest absolute Gasteiger partial charge is 0.508 e. The molecule has 5 rings (SSSR count). The summed E-state index contributed by atoms with van der Waals surface area (Å²) >= 11 is 0.